The smallest absolute Gasteiger partial charge is 0.274 e. The van der Waals surface area contributed by atoms with Crippen molar-refractivity contribution in [1.82, 2.24) is 10.6 Å². The average molecular weight is 323 g/mol. The van der Waals surface area contributed by atoms with Crippen molar-refractivity contribution in [1.29, 1.82) is 0 Å². The fourth-order valence-corrected chi connectivity index (χ4v) is 2.24. The van der Waals surface area contributed by atoms with Gasteiger partial charge in [0.25, 0.3) is 5.91 Å². The van der Waals surface area contributed by atoms with Crippen LogP contribution >= 0.6 is 23.8 Å². The molecule has 2 heterocycles. The zero-order valence-electron chi connectivity index (χ0n) is 10.4. The molecule has 1 fully saturated rings. The van der Waals surface area contributed by atoms with E-state index in [9.17, 15) is 9.18 Å². The van der Waals surface area contributed by atoms with Crippen LogP contribution in [0.4, 0.5) is 4.39 Å². The lowest BCUT2D eigenvalue weighted by molar-refractivity contribution is -0.115. The SMILES string of the molecule is O=C1NC(=S)N/C1=C/c1ccc(-c2ccc(F)c(Cl)c2)o1. The lowest BCUT2D eigenvalue weighted by atomic mass is 10.2. The van der Waals surface area contributed by atoms with Gasteiger partial charge in [-0.15, -0.1) is 0 Å². The Hall–Kier alpha value is -2.18. The van der Waals surface area contributed by atoms with Crippen LogP contribution in [-0.4, -0.2) is 11.0 Å². The number of carbonyl (C=O) groups is 1. The molecule has 0 radical (unpaired) electrons. The molecular weight excluding hydrogens is 315 g/mol. The molecule has 0 aliphatic carbocycles. The van der Waals surface area contributed by atoms with Gasteiger partial charge in [0.05, 0.1) is 5.02 Å². The van der Waals surface area contributed by atoms with Gasteiger partial charge in [-0.3, -0.25) is 10.1 Å². The third-order valence-electron chi connectivity index (χ3n) is 2.84. The van der Waals surface area contributed by atoms with Gasteiger partial charge in [0.2, 0.25) is 0 Å². The van der Waals surface area contributed by atoms with E-state index in [1.165, 1.54) is 18.2 Å². The number of rotatable bonds is 2. The number of nitrogens with one attached hydrogen (secondary N) is 2. The van der Waals surface area contributed by atoms with Crippen LogP contribution in [0.5, 0.6) is 0 Å². The largest absolute Gasteiger partial charge is 0.457 e. The molecule has 0 saturated carbocycles. The normalized spacial score (nSPS) is 16.2. The first-order chi connectivity index (χ1) is 10.0. The zero-order valence-corrected chi connectivity index (χ0v) is 12.0. The number of hydrogen-bond acceptors (Lipinski definition) is 3. The first-order valence-electron chi connectivity index (χ1n) is 5.92. The maximum Gasteiger partial charge on any atom is 0.274 e. The Balaban J connectivity index is 1.90. The van der Waals surface area contributed by atoms with E-state index >= 15 is 0 Å². The van der Waals surface area contributed by atoms with Crippen molar-refractivity contribution in [3.63, 3.8) is 0 Å². The average Bonchev–Trinajstić information content (AvgIpc) is 3.01. The van der Waals surface area contributed by atoms with E-state index in [1.54, 1.807) is 18.2 Å². The van der Waals surface area contributed by atoms with Crippen molar-refractivity contribution in [2.75, 3.05) is 0 Å². The second kappa shape index (κ2) is 5.31. The number of amides is 1. The molecule has 0 spiro atoms. The molecule has 1 aliphatic heterocycles. The lowest BCUT2D eigenvalue weighted by Crippen LogP contribution is -2.21. The Morgan fingerprint density at radius 3 is 2.71 bits per heavy atom. The number of halogens is 2. The van der Waals surface area contributed by atoms with E-state index in [0.717, 1.165) is 0 Å². The third kappa shape index (κ3) is 2.81. The summed E-state index contributed by atoms with van der Waals surface area (Å²) in [7, 11) is 0. The molecule has 1 saturated heterocycles. The lowest BCUT2D eigenvalue weighted by Gasteiger charge is -1.99. The fraction of sp³-hybridized carbons (Fsp3) is 0. The van der Waals surface area contributed by atoms with E-state index in [0.29, 0.717) is 22.8 Å². The summed E-state index contributed by atoms with van der Waals surface area (Å²) in [5.74, 6) is 0.176. The summed E-state index contributed by atoms with van der Waals surface area (Å²) >= 11 is 10.6. The first-order valence-corrected chi connectivity index (χ1v) is 6.71. The molecule has 2 N–H and O–H groups in total. The first kappa shape index (κ1) is 13.8. The van der Waals surface area contributed by atoms with E-state index in [1.807, 2.05) is 0 Å². The quantitative estimate of drug-likeness (QED) is 0.659. The summed E-state index contributed by atoms with van der Waals surface area (Å²) in [6.07, 6.45) is 1.53. The van der Waals surface area contributed by atoms with E-state index in [2.05, 4.69) is 10.6 Å². The highest BCUT2D eigenvalue weighted by atomic mass is 35.5. The van der Waals surface area contributed by atoms with Crippen molar-refractivity contribution in [2.24, 2.45) is 0 Å². The van der Waals surface area contributed by atoms with E-state index in [-0.39, 0.29) is 16.0 Å². The minimum absolute atomic E-state index is 0.0194. The summed E-state index contributed by atoms with van der Waals surface area (Å²) in [6.45, 7) is 0. The number of hydrogen-bond donors (Lipinski definition) is 2. The molecule has 21 heavy (non-hydrogen) atoms. The van der Waals surface area contributed by atoms with Gasteiger partial charge in [-0.2, -0.15) is 0 Å². The monoisotopic (exact) mass is 322 g/mol. The summed E-state index contributed by atoms with van der Waals surface area (Å²) in [4.78, 5) is 11.5. The molecule has 0 unspecified atom stereocenters. The topological polar surface area (TPSA) is 54.3 Å². The van der Waals surface area contributed by atoms with E-state index < -0.39 is 5.82 Å². The standard InChI is InChI=1S/C14H8ClFN2O2S/c15-9-5-7(1-3-10(9)16)12-4-2-8(20-12)6-11-13(19)18-14(21)17-11/h1-6H,(H2,17,18,19,21)/b11-6+. The summed E-state index contributed by atoms with van der Waals surface area (Å²) < 4.78 is 18.7. The molecular formula is C14H8ClFN2O2S. The van der Waals surface area contributed by atoms with Crippen molar-refractivity contribution in [3.8, 4) is 11.3 Å². The predicted octanol–water partition coefficient (Wildman–Crippen LogP) is 3.08. The molecule has 2 aromatic rings. The summed E-state index contributed by atoms with van der Waals surface area (Å²) in [6, 6.07) is 7.70. The van der Waals surface area contributed by atoms with Crippen molar-refractivity contribution < 1.29 is 13.6 Å². The number of benzene rings is 1. The van der Waals surface area contributed by atoms with Gasteiger partial charge in [0.1, 0.15) is 23.0 Å². The highest BCUT2D eigenvalue weighted by Gasteiger charge is 2.20. The fourth-order valence-electron chi connectivity index (χ4n) is 1.86. The Labute approximate surface area is 129 Å². The molecule has 0 bridgehead atoms. The van der Waals surface area contributed by atoms with E-state index in [4.69, 9.17) is 28.2 Å². The van der Waals surface area contributed by atoms with Crippen LogP contribution in [0.25, 0.3) is 17.4 Å². The van der Waals surface area contributed by atoms with Gasteiger partial charge in [-0.05, 0) is 42.5 Å². The van der Waals surface area contributed by atoms with Crippen LogP contribution in [0, 0.1) is 5.82 Å². The summed E-state index contributed by atoms with van der Waals surface area (Å²) in [5, 5.41) is 5.44. The second-order valence-electron chi connectivity index (χ2n) is 4.30. The summed E-state index contributed by atoms with van der Waals surface area (Å²) in [5.41, 5.74) is 0.948. The highest BCUT2D eigenvalue weighted by Crippen LogP contribution is 2.27. The number of furan rings is 1. The minimum atomic E-state index is -0.491. The molecule has 4 nitrogen and oxygen atoms in total. The van der Waals surface area contributed by atoms with Crippen LogP contribution in [-0.2, 0) is 4.79 Å². The van der Waals surface area contributed by atoms with Gasteiger partial charge < -0.3 is 9.73 Å². The Bertz CT molecular complexity index is 785. The van der Waals surface area contributed by atoms with Crippen LogP contribution < -0.4 is 10.6 Å². The van der Waals surface area contributed by atoms with Gasteiger partial charge in [-0.1, -0.05) is 11.6 Å². The zero-order chi connectivity index (χ0) is 15.0. The van der Waals surface area contributed by atoms with Crippen molar-refractivity contribution in [2.45, 2.75) is 0 Å². The third-order valence-corrected chi connectivity index (χ3v) is 3.33. The molecule has 0 atom stereocenters. The van der Waals surface area contributed by atoms with Crippen LogP contribution in [0.15, 0.2) is 40.4 Å². The number of carbonyl (C=O) groups excluding carboxylic acids is 1. The Morgan fingerprint density at radius 2 is 2.05 bits per heavy atom. The molecule has 1 amide bonds. The van der Waals surface area contributed by atoms with Crippen LogP contribution in [0.2, 0.25) is 5.02 Å². The molecule has 1 aromatic heterocycles. The predicted molar refractivity (Wildman–Crippen MR) is 81.0 cm³/mol. The maximum atomic E-state index is 13.1. The maximum absolute atomic E-state index is 13.1. The van der Waals surface area contributed by atoms with Gasteiger partial charge >= 0.3 is 0 Å². The highest BCUT2D eigenvalue weighted by molar-refractivity contribution is 7.80. The van der Waals surface area contributed by atoms with Gasteiger partial charge in [-0.25, -0.2) is 4.39 Å². The van der Waals surface area contributed by atoms with Crippen molar-refractivity contribution in [3.05, 3.63) is 52.6 Å². The molecule has 3 rings (SSSR count). The Kier molecular flexibility index (Phi) is 3.48. The number of thiocarbonyl (C=S) groups is 1. The van der Waals surface area contributed by atoms with Crippen LogP contribution in [0.3, 0.4) is 0 Å². The molecule has 1 aliphatic rings. The van der Waals surface area contributed by atoms with Crippen molar-refractivity contribution >= 4 is 40.9 Å². The molecule has 106 valence electrons. The van der Waals surface area contributed by atoms with Gasteiger partial charge in [0, 0.05) is 11.6 Å². The molecule has 7 heteroatoms. The van der Waals surface area contributed by atoms with Gasteiger partial charge in [0.15, 0.2) is 5.11 Å². The second-order valence-corrected chi connectivity index (χ2v) is 5.11. The molecule has 1 aromatic carbocycles. The van der Waals surface area contributed by atoms with Crippen LogP contribution in [0.1, 0.15) is 5.76 Å². The minimum Gasteiger partial charge on any atom is -0.457 e. The Morgan fingerprint density at radius 1 is 1.24 bits per heavy atom.